The van der Waals surface area contributed by atoms with Crippen molar-refractivity contribution in [2.45, 2.75) is 150 Å². The fourth-order valence-electron chi connectivity index (χ4n) is 14.7. The molecule has 5 aliphatic rings. The standard InChI is InChI=1S/C47H51ClO9.C46H47ClO8/c1-51-47(39-19-24-42(48)38(28-39)27-34-17-20-40(21-18-34)52-25-26-53-41-22-23-41)45(56-31-37-15-9-4-10-16-37)43(54-29-35-11-5-2-6-12-35)44(46(32-49,33-50)57-47)55-30-36-13-7-3-8-14-36;47-41-23-18-38(27-37(41)26-33-16-19-39(20-17-33)49-24-25-50-40-21-22-40)46-44(53-30-36-14-8-3-9-15-36)42(51-28-34-10-4-1-5-11-34)43(45(31-48,55-46)32-54-46)52-29-35-12-6-2-7-13-35/h2-21,24,28,41,43-45,49-50H,22-23,25-27,29-33H2,1H3;1-20,23,27,40,42-44,48H,21-22,24-26,28-32H2/t43-,44-,45+,47-;42-,43-,44+,45-,46+/m00/s1. The SMILES string of the molecule is CO[C@@]1(c2ccc(Cl)c(Cc3ccc(OCCOC4CC4)cc3)c2)OC(CO)(CO)[C@@H](OCc2ccccc2)[C@H](OCc2ccccc2)[C@H]1OCc1ccccc1.OC[C@@]12CO[C@](c3ccc(Cl)c(Cc4ccc(OCCOC5CC5)cc4)c3)(O1)[C@H](OCc1ccccc1)[C@@H](OCc1ccccc1)[C@@H]2OCc1ccccc1. The third-order valence-electron chi connectivity index (χ3n) is 21.0. The summed E-state index contributed by atoms with van der Waals surface area (Å²) in [7, 11) is 1.53. The van der Waals surface area contributed by atoms with E-state index in [2.05, 4.69) is 0 Å². The van der Waals surface area contributed by atoms with Gasteiger partial charge in [-0.3, -0.25) is 0 Å². The van der Waals surface area contributed by atoms with Gasteiger partial charge in [-0.15, -0.1) is 0 Å². The molecule has 2 aliphatic carbocycles. The molecule has 19 heteroatoms. The number of benzene rings is 10. The summed E-state index contributed by atoms with van der Waals surface area (Å²) in [6, 6.07) is 86.5. The van der Waals surface area contributed by atoms with Gasteiger partial charge in [-0.05, 0) is 143 Å². The summed E-state index contributed by atoms with van der Waals surface area (Å²) in [4.78, 5) is 0. The van der Waals surface area contributed by atoms with Gasteiger partial charge in [0.15, 0.2) is 0 Å². The van der Waals surface area contributed by atoms with Crippen molar-refractivity contribution in [2.75, 3.05) is 60.0 Å². The van der Waals surface area contributed by atoms with E-state index >= 15 is 0 Å². The Morgan fingerprint density at radius 1 is 0.357 bits per heavy atom. The highest BCUT2D eigenvalue weighted by atomic mass is 35.5. The van der Waals surface area contributed by atoms with Crippen LogP contribution in [0, 0.1) is 0 Å². The number of halogens is 2. The molecule has 10 aromatic rings. The third kappa shape index (κ3) is 20.1. The quantitative estimate of drug-likeness (QED) is 0.0310. The fraction of sp³-hybridized carbons (Fsp3) is 0.355. The molecule has 0 unspecified atom stereocenters. The van der Waals surface area contributed by atoms with Gasteiger partial charge in [0.2, 0.25) is 11.6 Å². The minimum absolute atomic E-state index is 0.0600. The average Bonchev–Trinajstić information content (AvgIpc) is 1.19. The van der Waals surface area contributed by atoms with Crippen molar-refractivity contribution in [3.05, 3.63) is 344 Å². The second kappa shape index (κ2) is 38.7. The van der Waals surface area contributed by atoms with Gasteiger partial charge in [-0.2, -0.15) is 0 Å². The molecule has 10 aromatic carbocycles. The van der Waals surface area contributed by atoms with E-state index in [-0.39, 0.29) is 46.2 Å². The summed E-state index contributed by atoms with van der Waals surface area (Å²) in [6.45, 7) is 2.04. The topological polar surface area (TPSA) is 190 Å². The van der Waals surface area contributed by atoms with Crippen molar-refractivity contribution < 1.29 is 81.6 Å². The average molecular weight is 1560 g/mol. The first-order valence-electron chi connectivity index (χ1n) is 38.6. The largest absolute Gasteiger partial charge is 0.491 e. The number of aliphatic hydroxyl groups excluding tert-OH is 3. The van der Waals surface area contributed by atoms with Crippen LogP contribution in [0.15, 0.2) is 267 Å². The first-order chi connectivity index (χ1) is 55.0. The normalized spacial score (nSPS) is 23.1. The number of hydrogen-bond acceptors (Lipinski definition) is 17. The molecule has 0 aromatic heterocycles. The predicted octanol–water partition coefficient (Wildman–Crippen LogP) is 16.0. The molecule has 2 bridgehead atoms. The van der Waals surface area contributed by atoms with Crippen LogP contribution in [-0.2, 0) is 121 Å². The molecule has 9 atom stereocenters. The molecule has 15 rings (SSSR count). The van der Waals surface area contributed by atoms with Gasteiger partial charge in [0, 0.05) is 28.3 Å². The molecule has 0 radical (unpaired) electrons. The van der Waals surface area contributed by atoms with Crippen molar-refractivity contribution in [3.63, 3.8) is 0 Å². The molecule has 17 nitrogen and oxygen atoms in total. The van der Waals surface area contributed by atoms with Crippen molar-refractivity contribution in [1.29, 1.82) is 0 Å². The highest BCUT2D eigenvalue weighted by Crippen LogP contribution is 2.54. The maximum atomic E-state index is 11.2. The van der Waals surface area contributed by atoms with Gasteiger partial charge in [-0.25, -0.2) is 0 Å². The Morgan fingerprint density at radius 2 is 0.723 bits per heavy atom. The summed E-state index contributed by atoms with van der Waals surface area (Å²) >= 11 is 13.8. The van der Waals surface area contributed by atoms with E-state index in [1.165, 1.54) is 7.11 Å². The molecule has 2 saturated carbocycles. The molecule has 3 aliphatic heterocycles. The van der Waals surface area contributed by atoms with Crippen molar-refractivity contribution in [3.8, 4) is 11.5 Å². The van der Waals surface area contributed by atoms with E-state index < -0.39 is 72.6 Å². The maximum Gasteiger partial charge on any atom is 0.225 e. The Morgan fingerprint density at radius 3 is 1.12 bits per heavy atom. The number of aliphatic hydroxyl groups is 3. The van der Waals surface area contributed by atoms with Crippen molar-refractivity contribution >= 4 is 23.2 Å². The number of ether oxygens (including phenoxy) is 14. The van der Waals surface area contributed by atoms with Gasteiger partial charge >= 0.3 is 0 Å². The minimum Gasteiger partial charge on any atom is -0.491 e. The van der Waals surface area contributed by atoms with Crippen LogP contribution in [0.1, 0.15) is 92.4 Å². The van der Waals surface area contributed by atoms with Gasteiger partial charge in [0.05, 0.1) is 91.5 Å². The second-order valence-electron chi connectivity index (χ2n) is 29.1. The molecule has 112 heavy (non-hydrogen) atoms. The zero-order valence-electron chi connectivity index (χ0n) is 63.0. The molecule has 5 fully saturated rings. The zero-order valence-corrected chi connectivity index (χ0v) is 64.5. The third-order valence-corrected chi connectivity index (χ3v) is 21.7. The zero-order chi connectivity index (χ0) is 77.0. The lowest BCUT2D eigenvalue weighted by Crippen LogP contribution is -2.72. The number of rotatable bonds is 38. The Bertz CT molecular complexity index is 4490. The number of methoxy groups -OCH3 is 1. The van der Waals surface area contributed by atoms with Crippen LogP contribution < -0.4 is 9.47 Å². The highest BCUT2D eigenvalue weighted by Gasteiger charge is 2.70. The monoisotopic (exact) mass is 1560 g/mol. The van der Waals surface area contributed by atoms with Gasteiger partial charge < -0.3 is 81.6 Å². The molecule has 0 spiro atoms. The van der Waals surface area contributed by atoms with Gasteiger partial charge in [0.25, 0.3) is 0 Å². The first-order valence-corrected chi connectivity index (χ1v) is 39.3. The molecular formula is C93H98Cl2O17. The molecule has 586 valence electrons. The maximum absolute atomic E-state index is 11.2. The van der Waals surface area contributed by atoms with Crippen LogP contribution in [0.25, 0.3) is 0 Å². The van der Waals surface area contributed by atoms with E-state index in [0.29, 0.717) is 79.3 Å². The van der Waals surface area contributed by atoms with Crippen LogP contribution in [-0.4, -0.2) is 135 Å². The number of hydrogen-bond donors (Lipinski definition) is 3. The molecule has 3 heterocycles. The van der Waals surface area contributed by atoms with Crippen LogP contribution in [0.2, 0.25) is 10.0 Å². The summed E-state index contributed by atoms with van der Waals surface area (Å²) in [5.41, 5.74) is 7.83. The van der Waals surface area contributed by atoms with E-state index in [0.717, 1.165) is 92.8 Å². The first kappa shape index (κ1) is 80.4. The smallest absolute Gasteiger partial charge is 0.225 e. The van der Waals surface area contributed by atoms with Crippen LogP contribution in [0.3, 0.4) is 0 Å². The van der Waals surface area contributed by atoms with E-state index in [4.69, 9.17) is 89.5 Å². The molecule has 3 N–H and O–H groups in total. The molecule has 3 saturated heterocycles. The summed E-state index contributed by atoms with van der Waals surface area (Å²) in [5, 5.41) is 34.8. The second-order valence-corrected chi connectivity index (χ2v) is 29.9. The van der Waals surface area contributed by atoms with Crippen molar-refractivity contribution in [2.24, 2.45) is 0 Å². The predicted molar refractivity (Wildman–Crippen MR) is 426 cm³/mol. The minimum atomic E-state index is -1.71. The summed E-state index contributed by atoms with van der Waals surface area (Å²) < 4.78 is 91.4. The van der Waals surface area contributed by atoms with E-state index in [1.807, 2.05) is 261 Å². The Hall–Kier alpha value is -8.22. The lowest BCUT2D eigenvalue weighted by atomic mass is 9.80. The van der Waals surface area contributed by atoms with Crippen molar-refractivity contribution in [1.82, 2.24) is 0 Å². The lowest BCUT2D eigenvalue weighted by molar-refractivity contribution is -0.417. The summed E-state index contributed by atoms with van der Waals surface area (Å²) in [6.07, 6.45) is 1.24. The molecule has 0 amide bonds. The highest BCUT2D eigenvalue weighted by molar-refractivity contribution is 6.31. The number of fused-ring (bicyclic) bond motifs is 2. The van der Waals surface area contributed by atoms with Gasteiger partial charge in [-0.1, -0.05) is 242 Å². The Balaban J connectivity index is 0.000000186. The van der Waals surface area contributed by atoms with Gasteiger partial charge in [0.1, 0.15) is 72.5 Å². The van der Waals surface area contributed by atoms with Crippen LogP contribution in [0.5, 0.6) is 11.5 Å². The van der Waals surface area contributed by atoms with E-state index in [9.17, 15) is 15.3 Å². The van der Waals surface area contributed by atoms with E-state index in [1.54, 1.807) is 6.07 Å². The summed E-state index contributed by atoms with van der Waals surface area (Å²) in [5.74, 6) is -1.61. The molecular weight excluding hydrogens is 1460 g/mol. The lowest BCUT2D eigenvalue weighted by Gasteiger charge is -2.56. The van der Waals surface area contributed by atoms with Crippen LogP contribution in [0.4, 0.5) is 0 Å². The Labute approximate surface area is 666 Å². The Kier molecular flexibility index (Phi) is 27.8. The van der Waals surface area contributed by atoms with Crippen LogP contribution >= 0.6 is 23.2 Å². The fourth-order valence-corrected chi connectivity index (χ4v) is 15.0.